The molecule has 0 aromatic carbocycles. The monoisotopic (exact) mass is 185 g/mol. The molecule has 0 radical (unpaired) electrons. The quantitative estimate of drug-likeness (QED) is 0.576. The van der Waals surface area contributed by atoms with Crippen LogP contribution in [0.5, 0.6) is 0 Å². The summed E-state index contributed by atoms with van der Waals surface area (Å²) in [5, 5.41) is 6.30. The lowest BCUT2D eigenvalue weighted by Gasteiger charge is -2.19. The number of carbonyl (C=O) groups excluding carboxylic acids is 1. The summed E-state index contributed by atoms with van der Waals surface area (Å²) in [6, 6.07) is 0. The molecule has 1 fully saturated rings. The molecular formula is C9H19N3O. The fraction of sp³-hybridized carbons (Fsp3) is 0.889. The van der Waals surface area contributed by atoms with Gasteiger partial charge in [-0.2, -0.15) is 0 Å². The van der Waals surface area contributed by atoms with E-state index in [0.717, 1.165) is 39.1 Å². The minimum atomic E-state index is 0.293. The Kier molecular flexibility index (Phi) is 4.78. The van der Waals surface area contributed by atoms with Gasteiger partial charge in [-0.25, -0.2) is 0 Å². The lowest BCUT2D eigenvalue weighted by Crippen LogP contribution is -2.34. The Hall–Kier alpha value is -0.610. The molecule has 0 bridgehead atoms. The lowest BCUT2D eigenvalue weighted by molar-refractivity contribution is -0.130. The van der Waals surface area contributed by atoms with E-state index in [2.05, 4.69) is 10.6 Å². The van der Waals surface area contributed by atoms with Crippen molar-refractivity contribution in [3.05, 3.63) is 0 Å². The highest BCUT2D eigenvalue weighted by Gasteiger charge is 2.14. The van der Waals surface area contributed by atoms with Crippen molar-refractivity contribution in [3.63, 3.8) is 0 Å². The van der Waals surface area contributed by atoms with Gasteiger partial charge in [-0.05, 0) is 20.0 Å². The van der Waals surface area contributed by atoms with Crippen molar-refractivity contribution < 1.29 is 4.79 Å². The van der Waals surface area contributed by atoms with E-state index in [1.54, 1.807) is 0 Å². The number of amides is 1. The molecule has 1 amide bonds. The van der Waals surface area contributed by atoms with E-state index in [4.69, 9.17) is 0 Å². The van der Waals surface area contributed by atoms with Crippen LogP contribution in [0.15, 0.2) is 0 Å². The van der Waals surface area contributed by atoms with Gasteiger partial charge in [-0.15, -0.1) is 0 Å². The van der Waals surface area contributed by atoms with Crippen molar-refractivity contribution in [1.82, 2.24) is 15.5 Å². The highest BCUT2D eigenvalue weighted by atomic mass is 16.2. The van der Waals surface area contributed by atoms with Gasteiger partial charge >= 0.3 is 0 Å². The molecule has 1 saturated heterocycles. The highest BCUT2D eigenvalue weighted by Crippen LogP contribution is 1.98. The third-order valence-corrected chi connectivity index (χ3v) is 2.28. The van der Waals surface area contributed by atoms with Gasteiger partial charge in [0.15, 0.2) is 0 Å². The number of carbonyl (C=O) groups is 1. The molecule has 4 heteroatoms. The maximum Gasteiger partial charge on any atom is 0.223 e. The zero-order valence-electron chi connectivity index (χ0n) is 8.31. The van der Waals surface area contributed by atoms with E-state index in [0.29, 0.717) is 12.3 Å². The fourth-order valence-electron chi connectivity index (χ4n) is 1.50. The molecule has 0 aromatic rings. The molecule has 0 aromatic heterocycles. The second kappa shape index (κ2) is 5.94. The highest BCUT2D eigenvalue weighted by molar-refractivity contribution is 5.76. The molecular weight excluding hydrogens is 166 g/mol. The maximum absolute atomic E-state index is 11.5. The van der Waals surface area contributed by atoms with E-state index in [1.807, 2.05) is 11.9 Å². The molecule has 1 aliphatic heterocycles. The third kappa shape index (κ3) is 3.74. The van der Waals surface area contributed by atoms with Crippen LogP contribution in [0.1, 0.15) is 12.8 Å². The zero-order chi connectivity index (χ0) is 9.52. The Balaban J connectivity index is 2.24. The smallest absolute Gasteiger partial charge is 0.223 e. The number of nitrogens with one attached hydrogen (secondary N) is 2. The summed E-state index contributed by atoms with van der Waals surface area (Å²) in [5.74, 6) is 0.293. The summed E-state index contributed by atoms with van der Waals surface area (Å²) in [5.41, 5.74) is 0. The van der Waals surface area contributed by atoms with Crippen LogP contribution in [0.25, 0.3) is 0 Å². The van der Waals surface area contributed by atoms with Crippen molar-refractivity contribution in [2.24, 2.45) is 0 Å². The number of hydrogen-bond donors (Lipinski definition) is 2. The summed E-state index contributed by atoms with van der Waals surface area (Å²) in [6.07, 6.45) is 1.70. The molecule has 1 rings (SSSR count). The maximum atomic E-state index is 11.5. The van der Waals surface area contributed by atoms with Crippen LogP contribution in [0.4, 0.5) is 0 Å². The largest absolute Gasteiger partial charge is 0.341 e. The first-order chi connectivity index (χ1) is 6.34. The van der Waals surface area contributed by atoms with Crippen molar-refractivity contribution >= 4 is 5.91 Å². The standard InChI is InChI=1S/C9H19N3O/c1-10-4-2-7-12-8-6-11-5-3-9(12)13/h10-11H,2-8H2,1H3. The average molecular weight is 185 g/mol. The van der Waals surface area contributed by atoms with Gasteiger partial charge in [0.25, 0.3) is 0 Å². The number of hydrogen-bond acceptors (Lipinski definition) is 3. The Labute approximate surface area is 79.7 Å². The summed E-state index contributed by atoms with van der Waals surface area (Å²) < 4.78 is 0. The van der Waals surface area contributed by atoms with Crippen LogP contribution in [-0.4, -0.2) is 50.6 Å². The molecule has 13 heavy (non-hydrogen) atoms. The predicted octanol–water partition coefficient (Wildman–Crippen LogP) is -0.582. The molecule has 0 saturated carbocycles. The van der Waals surface area contributed by atoms with Crippen LogP contribution >= 0.6 is 0 Å². The summed E-state index contributed by atoms with van der Waals surface area (Å²) in [4.78, 5) is 13.4. The van der Waals surface area contributed by atoms with Gasteiger partial charge in [-0.1, -0.05) is 0 Å². The third-order valence-electron chi connectivity index (χ3n) is 2.28. The first-order valence-electron chi connectivity index (χ1n) is 4.97. The fourth-order valence-corrected chi connectivity index (χ4v) is 1.50. The molecule has 0 aliphatic carbocycles. The van der Waals surface area contributed by atoms with E-state index in [9.17, 15) is 4.79 Å². The predicted molar refractivity (Wildman–Crippen MR) is 52.6 cm³/mol. The minimum Gasteiger partial charge on any atom is -0.341 e. The van der Waals surface area contributed by atoms with Crippen molar-refractivity contribution in [1.29, 1.82) is 0 Å². The summed E-state index contributed by atoms with van der Waals surface area (Å²) in [7, 11) is 1.94. The van der Waals surface area contributed by atoms with Crippen molar-refractivity contribution in [3.8, 4) is 0 Å². The van der Waals surface area contributed by atoms with Gasteiger partial charge in [0, 0.05) is 32.6 Å². The van der Waals surface area contributed by atoms with Gasteiger partial charge < -0.3 is 15.5 Å². The Bertz CT molecular complexity index is 161. The Morgan fingerprint density at radius 2 is 2.38 bits per heavy atom. The van der Waals surface area contributed by atoms with E-state index in [-0.39, 0.29) is 0 Å². The van der Waals surface area contributed by atoms with Gasteiger partial charge in [0.1, 0.15) is 0 Å². The molecule has 1 heterocycles. The van der Waals surface area contributed by atoms with Crippen molar-refractivity contribution in [2.45, 2.75) is 12.8 Å². The second-order valence-electron chi connectivity index (χ2n) is 3.34. The van der Waals surface area contributed by atoms with E-state index in [1.165, 1.54) is 0 Å². The first-order valence-corrected chi connectivity index (χ1v) is 4.97. The van der Waals surface area contributed by atoms with Crippen LogP contribution in [0.2, 0.25) is 0 Å². The van der Waals surface area contributed by atoms with Gasteiger partial charge in [0.2, 0.25) is 5.91 Å². The number of nitrogens with zero attached hydrogens (tertiary/aromatic N) is 1. The molecule has 0 atom stereocenters. The average Bonchev–Trinajstić information content (AvgIpc) is 2.32. The first kappa shape index (κ1) is 10.5. The molecule has 76 valence electrons. The Morgan fingerprint density at radius 3 is 3.15 bits per heavy atom. The van der Waals surface area contributed by atoms with Crippen molar-refractivity contribution in [2.75, 3.05) is 39.8 Å². The van der Waals surface area contributed by atoms with Crippen LogP contribution in [0.3, 0.4) is 0 Å². The zero-order valence-corrected chi connectivity index (χ0v) is 8.31. The lowest BCUT2D eigenvalue weighted by atomic mass is 10.3. The summed E-state index contributed by atoms with van der Waals surface area (Å²) >= 11 is 0. The topological polar surface area (TPSA) is 44.4 Å². The van der Waals surface area contributed by atoms with Crippen LogP contribution in [0, 0.1) is 0 Å². The van der Waals surface area contributed by atoms with Crippen LogP contribution in [-0.2, 0) is 4.79 Å². The van der Waals surface area contributed by atoms with E-state index >= 15 is 0 Å². The molecule has 2 N–H and O–H groups in total. The molecule has 0 unspecified atom stereocenters. The summed E-state index contributed by atoms with van der Waals surface area (Å²) in [6.45, 7) is 4.51. The SMILES string of the molecule is CNCCCN1CCNCCC1=O. The Morgan fingerprint density at radius 1 is 1.54 bits per heavy atom. The normalized spacial score (nSPS) is 18.8. The molecule has 1 aliphatic rings. The number of rotatable bonds is 4. The minimum absolute atomic E-state index is 0.293. The molecule has 0 spiro atoms. The van der Waals surface area contributed by atoms with Gasteiger partial charge in [-0.3, -0.25) is 4.79 Å². The van der Waals surface area contributed by atoms with Crippen LogP contribution < -0.4 is 10.6 Å². The second-order valence-corrected chi connectivity index (χ2v) is 3.34. The van der Waals surface area contributed by atoms with Gasteiger partial charge in [0.05, 0.1) is 0 Å². The molecule has 4 nitrogen and oxygen atoms in total. The van der Waals surface area contributed by atoms with E-state index < -0.39 is 0 Å².